The number of nitrogens with zero attached hydrogens (tertiary/aromatic N) is 2. The third-order valence-corrected chi connectivity index (χ3v) is 5.97. The van der Waals surface area contributed by atoms with Crippen LogP contribution in [0.15, 0.2) is 50.1 Å². The summed E-state index contributed by atoms with van der Waals surface area (Å²) in [7, 11) is 0. The molecule has 3 heterocycles. The Kier molecular flexibility index (Phi) is 5.00. The van der Waals surface area contributed by atoms with Crippen molar-refractivity contribution in [1.29, 1.82) is 0 Å². The fraction of sp³-hybridized carbons (Fsp3) is 0.211. The largest absolute Gasteiger partial charge is 0.508 e. The van der Waals surface area contributed by atoms with Crippen molar-refractivity contribution in [2.24, 2.45) is 0 Å². The summed E-state index contributed by atoms with van der Waals surface area (Å²) in [4.78, 5) is 17.6. The number of nitrogens with one attached hydrogen (secondary N) is 1. The highest BCUT2D eigenvalue weighted by Gasteiger charge is 2.12. The number of rotatable bonds is 6. The Labute approximate surface area is 163 Å². The minimum atomic E-state index is -0.435. The third-order valence-electron chi connectivity index (χ3n) is 4.20. The number of hydrogen-bond acceptors (Lipinski definition) is 7. The Balaban J connectivity index is 1.56. The normalized spacial score (nSPS) is 11.3. The molecular weight excluding hydrogens is 382 g/mol. The summed E-state index contributed by atoms with van der Waals surface area (Å²) >= 11 is 3.14. The van der Waals surface area contributed by atoms with Gasteiger partial charge in [-0.05, 0) is 35.1 Å². The number of aryl methyl sites for hydroxylation is 1. The van der Waals surface area contributed by atoms with Gasteiger partial charge in [0.15, 0.2) is 0 Å². The van der Waals surface area contributed by atoms with Gasteiger partial charge >= 0.3 is 5.63 Å². The molecule has 4 rings (SSSR count). The van der Waals surface area contributed by atoms with Crippen molar-refractivity contribution in [3.63, 3.8) is 0 Å². The molecule has 0 aliphatic heterocycles. The number of aromatic hydroxyl groups is 1. The van der Waals surface area contributed by atoms with Gasteiger partial charge in [-0.2, -0.15) is 0 Å². The van der Waals surface area contributed by atoms with E-state index in [4.69, 9.17) is 4.42 Å². The molecule has 0 amide bonds. The van der Waals surface area contributed by atoms with Crippen LogP contribution in [0.25, 0.3) is 11.0 Å². The summed E-state index contributed by atoms with van der Waals surface area (Å²) in [5, 5.41) is 20.7. The monoisotopic (exact) mass is 399 g/mol. The molecule has 0 fully saturated rings. The first-order valence-corrected chi connectivity index (χ1v) is 10.3. The molecule has 0 unspecified atom stereocenters. The van der Waals surface area contributed by atoms with Crippen LogP contribution in [0.3, 0.4) is 0 Å². The van der Waals surface area contributed by atoms with E-state index < -0.39 is 5.63 Å². The number of phenols is 1. The van der Waals surface area contributed by atoms with E-state index in [9.17, 15) is 9.90 Å². The number of benzene rings is 1. The first kappa shape index (κ1) is 17.8. The van der Waals surface area contributed by atoms with Gasteiger partial charge in [0, 0.05) is 34.6 Å². The van der Waals surface area contributed by atoms with E-state index in [1.807, 2.05) is 24.4 Å². The van der Waals surface area contributed by atoms with Crippen LogP contribution in [-0.4, -0.2) is 20.3 Å². The van der Waals surface area contributed by atoms with Crippen LogP contribution in [0.4, 0.5) is 0 Å². The molecular formula is C19H17N3O3S2. The third kappa shape index (κ3) is 3.91. The Bertz CT molecular complexity index is 1130. The number of aromatic amines is 1. The Hall–Kier alpha value is -2.58. The van der Waals surface area contributed by atoms with Gasteiger partial charge in [-0.25, -0.2) is 9.78 Å². The zero-order valence-electron chi connectivity index (χ0n) is 14.6. The van der Waals surface area contributed by atoms with Gasteiger partial charge in [0.1, 0.15) is 17.2 Å². The molecule has 0 spiro atoms. The van der Waals surface area contributed by atoms with Gasteiger partial charge < -0.3 is 9.52 Å². The maximum absolute atomic E-state index is 11.9. The van der Waals surface area contributed by atoms with Crippen LogP contribution < -0.4 is 5.63 Å². The summed E-state index contributed by atoms with van der Waals surface area (Å²) in [6, 6.07) is 8.96. The SMILES string of the molecule is CCc1cc2c(CSc3n[nH]c(Cc4cccs4)n3)cc(=O)oc2cc1O. The van der Waals surface area contributed by atoms with E-state index in [-0.39, 0.29) is 5.75 Å². The molecule has 2 N–H and O–H groups in total. The number of phenolic OH excluding ortho intramolecular Hbond substituents is 1. The van der Waals surface area contributed by atoms with Crippen molar-refractivity contribution in [3.8, 4) is 5.75 Å². The average Bonchev–Trinajstić information content (AvgIpc) is 3.31. The summed E-state index contributed by atoms with van der Waals surface area (Å²) in [6.45, 7) is 1.97. The Morgan fingerprint density at radius 1 is 1.30 bits per heavy atom. The number of thiophene rings is 1. The van der Waals surface area contributed by atoms with Gasteiger partial charge in [0.25, 0.3) is 0 Å². The summed E-state index contributed by atoms with van der Waals surface area (Å²) < 4.78 is 5.24. The van der Waals surface area contributed by atoms with Crippen molar-refractivity contribution >= 4 is 34.1 Å². The van der Waals surface area contributed by atoms with Crippen LogP contribution in [0.5, 0.6) is 5.75 Å². The van der Waals surface area contributed by atoms with Gasteiger partial charge in [-0.3, -0.25) is 5.10 Å². The molecule has 0 atom stereocenters. The second-order valence-electron chi connectivity index (χ2n) is 6.03. The minimum absolute atomic E-state index is 0.144. The first-order valence-electron chi connectivity index (χ1n) is 8.47. The lowest BCUT2D eigenvalue weighted by Gasteiger charge is -2.07. The molecule has 4 aromatic rings. The van der Waals surface area contributed by atoms with Gasteiger partial charge in [0.05, 0.1) is 0 Å². The van der Waals surface area contributed by atoms with Gasteiger partial charge in [-0.1, -0.05) is 24.8 Å². The molecule has 0 saturated carbocycles. The lowest BCUT2D eigenvalue weighted by atomic mass is 10.1. The topological polar surface area (TPSA) is 92.0 Å². The molecule has 27 heavy (non-hydrogen) atoms. The van der Waals surface area contributed by atoms with Crippen LogP contribution in [0.1, 0.15) is 28.8 Å². The molecule has 0 saturated heterocycles. The molecule has 8 heteroatoms. The average molecular weight is 399 g/mol. The highest BCUT2D eigenvalue weighted by Crippen LogP contribution is 2.29. The van der Waals surface area contributed by atoms with Crippen molar-refractivity contribution in [1.82, 2.24) is 15.2 Å². The van der Waals surface area contributed by atoms with Crippen LogP contribution in [-0.2, 0) is 18.6 Å². The molecule has 138 valence electrons. The first-order chi connectivity index (χ1) is 13.1. The van der Waals surface area contributed by atoms with E-state index in [0.29, 0.717) is 22.9 Å². The van der Waals surface area contributed by atoms with E-state index >= 15 is 0 Å². The Morgan fingerprint density at radius 3 is 2.96 bits per heavy atom. The number of fused-ring (bicyclic) bond motifs is 1. The highest BCUT2D eigenvalue weighted by atomic mass is 32.2. The van der Waals surface area contributed by atoms with Crippen LogP contribution in [0, 0.1) is 0 Å². The maximum Gasteiger partial charge on any atom is 0.336 e. The van der Waals surface area contributed by atoms with E-state index in [0.717, 1.165) is 28.8 Å². The molecule has 0 aliphatic rings. The number of H-pyrrole nitrogens is 1. The lowest BCUT2D eigenvalue weighted by molar-refractivity contribution is 0.466. The van der Waals surface area contributed by atoms with Crippen LogP contribution in [0.2, 0.25) is 0 Å². The molecule has 6 nitrogen and oxygen atoms in total. The zero-order valence-corrected chi connectivity index (χ0v) is 16.2. The zero-order chi connectivity index (χ0) is 18.8. The predicted octanol–water partition coefficient (Wildman–Crippen LogP) is 4.12. The van der Waals surface area contributed by atoms with Crippen LogP contribution >= 0.6 is 23.1 Å². The van der Waals surface area contributed by atoms with Crippen molar-refractivity contribution in [2.75, 3.05) is 0 Å². The quantitative estimate of drug-likeness (QED) is 0.374. The number of thioether (sulfide) groups is 1. The molecule has 3 aromatic heterocycles. The number of hydrogen-bond donors (Lipinski definition) is 2. The van der Waals surface area contributed by atoms with E-state index in [2.05, 4.69) is 21.2 Å². The summed E-state index contributed by atoms with van der Waals surface area (Å²) in [6.07, 6.45) is 1.42. The smallest absolute Gasteiger partial charge is 0.336 e. The lowest BCUT2D eigenvalue weighted by Crippen LogP contribution is -2.00. The number of aromatic nitrogens is 3. The molecule has 1 aromatic carbocycles. The second-order valence-corrected chi connectivity index (χ2v) is 8.01. The predicted molar refractivity (Wildman–Crippen MR) is 107 cm³/mol. The second kappa shape index (κ2) is 7.58. The molecule has 0 bridgehead atoms. The minimum Gasteiger partial charge on any atom is -0.508 e. The Morgan fingerprint density at radius 2 is 2.19 bits per heavy atom. The molecule has 0 radical (unpaired) electrons. The van der Waals surface area contributed by atoms with Crippen molar-refractivity contribution in [3.05, 3.63) is 68.0 Å². The standard InChI is InChI=1S/C19H17N3O3S2/c1-2-11-6-14-12(7-18(24)25-16(14)9-15(11)23)10-27-19-20-17(21-22-19)8-13-4-3-5-26-13/h3-7,9,23H,2,8,10H2,1H3,(H,20,21,22). The summed E-state index contributed by atoms with van der Waals surface area (Å²) in [5.74, 6) is 1.49. The fourth-order valence-corrected chi connectivity index (χ4v) is 4.37. The van der Waals surface area contributed by atoms with E-state index in [1.165, 1.54) is 28.8 Å². The van der Waals surface area contributed by atoms with Gasteiger partial charge in [-0.15, -0.1) is 16.4 Å². The van der Waals surface area contributed by atoms with Crippen molar-refractivity contribution < 1.29 is 9.52 Å². The summed E-state index contributed by atoms with van der Waals surface area (Å²) in [5.41, 5.74) is 1.61. The van der Waals surface area contributed by atoms with Gasteiger partial charge in [0.2, 0.25) is 5.16 Å². The maximum atomic E-state index is 11.9. The van der Waals surface area contributed by atoms with E-state index in [1.54, 1.807) is 11.3 Å². The highest BCUT2D eigenvalue weighted by molar-refractivity contribution is 7.98. The fourth-order valence-electron chi connectivity index (χ4n) is 2.85. The van der Waals surface area contributed by atoms with Crippen molar-refractivity contribution in [2.45, 2.75) is 30.7 Å². The molecule has 0 aliphatic carbocycles.